The van der Waals surface area contributed by atoms with Gasteiger partial charge in [0.15, 0.2) is 0 Å². The first-order valence-electron chi connectivity index (χ1n) is 10.7. The highest BCUT2D eigenvalue weighted by Gasteiger charge is 2.31. The van der Waals surface area contributed by atoms with Crippen LogP contribution in [0.4, 0.5) is 19.1 Å². The van der Waals surface area contributed by atoms with Crippen molar-refractivity contribution < 1.29 is 27.1 Å². The van der Waals surface area contributed by atoms with Crippen LogP contribution in [0.3, 0.4) is 0 Å². The third-order valence-corrected chi connectivity index (χ3v) is 5.28. The molecule has 0 unspecified atom stereocenters. The SMILES string of the molecule is O=C(Cc1nnc(-c2cnc(NCc3cccc(OC(F)(F)F)c3)nc2)o1)N1CCc2[nH]nnc2C1. The number of nitrogens with zero attached hydrogens (tertiary/aromatic N) is 7. The fraction of sp³-hybridized carbons (Fsp3) is 0.286. The molecule has 1 aliphatic rings. The minimum Gasteiger partial charge on any atom is -0.420 e. The Labute approximate surface area is 200 Å². The number of anilines is 1. The van der Waals surface area contributed by atoms with Gasteiger partial charge in [-0.1, -0.05) is 17.3 Å². The monoisotopic (exact) mass is 501 g/mol. The van der Waals surface area contributed by atoms with Gasteiger partial charge in [-0.15, -0.1) is 28.5 Å². The lowest BCUT2D eigenvalue weighted by molar-refractivity contribution is -0.274. The van der Waals surface area contributed by atoms with E-state index in [1.165, 1.54) is 30.6 Å². The molecular weight excluding hydrogens is 483 g/mol. The Morgan fingerprint density at radius 2 is 2.03 bits per heavy atom. The third kappa shape index (κ3) is 5.56. The Balaban J connectivity index is 1.16. The summed E-state index contributed by atoms with van der Waals surface area (Å²) < 4.78 is 46.7. The molecular formula is C21H18F3N9O3. The summed E-state index contributed by atoms with van der Waals surface area (Å²) in [5, 5.41) is 21.4. The number of carbonyl (C=O) groups excluding carboxylic acids is 1. The van der Waals surface area contributed by atoms with E-state index < -0.39 is 6.36 Å². The van der Waals surface area contributed by atoms with Crippen LogP contribution in [0, 0.1) is 0 Å². The smallest absolute Gasteiger partial charge is 0.420 e. The van der Waals surface area contributed by atoms with Crippen LogP contribution >= 0.6 is 0 Å². The van der Waals surface area contributed by atoms with Gasteiger partial charge in [0.1, 0.15) is 17.9 Å². The fourth-order valence-corrected chi connectivity index (χ4v) is 3.56. The molecule has 1 aliphatic heterocycles. The number of aromatic nitrogens is 7. The summed E-state index contributed by atoms with van der Waals surface area (Å²) in [5.74, 6) is 0.0716. The van der Waals surface area contributed by atoms with Gasteiger partial charge in [0.2, 0.25) is 17.7 Å². The molecule has 0 bridgehead atoms. The maximum Gasteiger partial charge on any atom is 0.573 e. The summed E-state index contributed by atoms with van der Waals surface area (Å²) in [4.78, 5) is 22.6. The summed E-state index contributed by atoms with van der Waals surface area (Å²) >= 11 is 0. The molecule has 0 radical (unpaired) electrons. The first-order chi connectivity index (χ1) is 17.3. The molecule has 1 aromatic carbocycles. The van der Waals surface area contributed by atoms with E-state index in [4.69, 9.17) is 4.42 Å². The second-order valence-corrected chi connectivity index (χ2v) is 7.82. The van der Waals surface area contributed by atoms with Crippen LogP contribution in [-0.2, 0) is 30.7 Å². The highest BCUT2D eigenvalue weighted by Crippen LogP contribution is 2.24. The first-order valence-corrected chi connectivity index (χ1v) is 10.7. The number of carbonyl (C=O) groups is 1. The van der Waals surface area contributed by atoms with Crippen molar-refractivity contribution in [3.8, 4) is 17.2 Å². The van der Waals surface area contributed by atoms with Gasteiger partial charge in [-0.3, -0.25) is 9.89 Å². The Hall–Kier alpha value is -4.56. The van der Waals surface area contributed by atoms with Crippen LogP contribution in [0.15, 0.2) is 41.1 Å². The van der Waals surface area contributed by atoms with E-state index in [-0.39, 0.29) is 42.4 Å². The van der Waals surface area contributed by atoms with E-state index >= 15 is 0 Å². The Morgan fingerprint density at radius 3 is 2.83 bits per heavy atom. The summed E-state index contributed by atoms with van der Waals surface area (Å²) in [5.41, 5.74) is 2.66. The maximum atomic E-state index is 12.6. The van der Waals surface area contributed by atoms with Crippen LogP contribution in [0.2, 0.25) is 0 Å². The molecule has 2 N–H and O–H groups in total. The molecule has 0 atom stereocenters. The standard InChI is InChI=1S/C21H18F3N9O3/c22-21(23,24)36-14-3-1-2-12(6-14)8-25-20-26-9-13(10-27-20)19-31-30-17(35-19)7-18(34)33-5-4-15-16(11-33)29-32-28-15/h1-3,6,9-10H,4-5,7-8,11H2,(H,25,26,27)(H,28,29,32). The zero-order valence-corrected chi connectivity index (χ0v) is 18.5. The number of rotatable bonds is 7. The third-order valence-electron chi connectivity index (χ3n) is 5.28. The Kier molecular flexibility index (Phi) is 6.18. The number of amides is 1. The van der Waals surface area contributed by atoms with E-state index in [1.54, 1.807) is 11.0 Å². The number of alkyl halides is 3. The molecule has 4 aromatic rings. The molecule has 186 valence electrons. The molecule has 0 aliphatic carbocycles. The number of benzene rings is 1. The summed E-state index contributed by atoms with van der Waals surface area (Å²) in [6.07, 6.45) is -1.27. The minimum atomic E-state index is -4.76. The van der Waals surface area contributed by atoms with Crippen molar-refractivity contribution in [3.05, 3.63) is 59.5 Å². The zero-order chi connectivity index (χ0) is 25.1. The molecule has 0 saturated heterocycles. The van der Waals surface area contributed by atoms with Crippen LogP contribution in [0.25, 0.3) is 11.5 Å². The van der Waals surface area contributed by atoms with Gasteiger partial charge in [-0.05, 0) is 17.7 Å². The van der Waals surface area contributed by atoms with Crippen molar-refractivity contribution in [1.82, 2.24) is 40.5 Å². The number of hydrogen-bond acceptors (Lipinski definition) is 10. The van der Waals surface area contributed by atoms with E-state index in [9.17, 15) is 18.0 Å². The normalized spacial score (nSPS) is 13.4. The minimum absolute atomic E-state index is 0.0577. The van der Waals surface area contributed by atoms with Gasteiger partial charge in [0.05, 0.1) is 17.8 Å². The molecule has 36 heavy (non-hydrogen) atoms. The number of aromatic amines is 1. The molecule has 5 rings (SSSR count). The zero-order valence-electron chi connectivity index (χ0n) is 18.5. The van der Waals surface area contributed by atoms with Crippen molar-refractivity contribution in [3.63, 3.8) is 0 Å². The predicted molar refractivity (Wildman–Crippen MR) is 115 cm³/mol. The van der Waals surface area contributed by atoms with Gasteiger partial charge in [-0.2, -0.15) is 0 Å². The van der Waals surface area contributed by atoms with Crippen LogP contribution in [0.1, 0.15) is 22.8 Å². The number of ether oxygens (including phenoxy) is 1. The molecule has 0 saturated carbocycles. The second-order valence-electron chi connectivity index (χ2n) is 7.82. The topological polar surface area (TPSA) is 148 Å². The number of halogens is 3. The maximum absolute atomic E-state index is 12.6. The lowest BCUT2D eigenvalue weighted by atomic mass is 10.1. The van der Waals surface area contributed by atoms with Crippen LogP contribution < -0.4 is 10.1 Å². The van der Waals surface area contributed by atoms with E-state index in [2.05, 4.69) is 45.6 Å². The largest absolute Gasteiger partial charge is 0.573 e. The van der Waals surface area contributed by atoms with Crippen LogP contribution in [-0.4, -0.2) is 59.3 Å². The number of fused-ring (bicyclic) bond motifs is 1. The van der Waals surface area contributed by atoms with E-state index in [0.717, 1.165) is 11.4 Å². The van der Waals surface area contributed by atoms with Crippen LogP contribution in [0.5, 0.6) is 5.75 Å². The van der Waals surface area contributed by atoms with Gasteiger partial charge < -0.3 is 19.4 Å². The van der Waals surface area contributed by atoms with Gasteiger partial charge >= 0.3 is 6.36 Å². The van der Waals surface area contributed by atoms with Crippen molar-refractivity contribution in [2.75, 3.05) is 11.9 Å². The van der Waals surface area contributed by atoms with Gasteiger partial charge in [0.25, 0.3) is 5.89 Å². The summed E-state index contributed by atoms with van der Waals surface area (Å²) in [6.45, 7) is 1.08. The highest BCUT2D eigenvalue weighted by molar-refractivity contribution is 5.78. The predicted octanol–water partition coefficient (Wildman–Crippen LogP) is 2.28. The molecule has 1 amide bonds. The number of hydrogen-bond donors (Lipinski definition) is 2. The highest BCUT2D eigenvalue weighted by atomic mass is 19.4. The van der Waals surface area contributed by atoms with Gasteiger partial charge in [-0.25, -0.2) is 9.97 Å². The number of H-pyrrole nitrogens is 1. The molecule has 15 heteroatoms. The first kappa shape index (κ1) is 23.2. The molecule has 4 heterocycles. The summed E-state index contributed by atoms with van der Waals surface area (Å²) in [7, 11) is 0. The fourth-order valence-electron chi connectivity index (χ4n) is 3.56. The molecule has 3 aromatic heterocycles. The average Bonchev–Trinajstić information content (AvgIpc) is 3.51. The summed E-state index contributed by atoms with van der Waals surface area (Å²) in [6, 6.07) is 5.58. The second kappa shape index (κ2) is 9.59. The van der Waals surface area contributed by atoms with Crippen molar-refractivity contribution in [2.24, 2.45) is 0 Å². The Morgan fingerprint density at radius 1 is 1.19 bits per heavy atom. The average molecular weight is 501 g/mol. The van der Waals surface area contributed by atoms with E-state index in [1.807, 2.05) is 0 Å². The van der Waals surface area contributed by atoms with Crippen molar-refractivity contribution in [1.29, 1.82) is 0 Å². The molecule has 0 fully saturated rings. The van der Waals surface area contributed by atoms with Crippen molar-refractivity contribution in [2.45, 2.75) is 32.3 Å². The Bertz CT molecular complexity index is 1350. The van der Waals surface area contributed by atoms with Crippen molar-refractivity contribution >= 4 is 11.9 Å². The van der Waals surface area contributed by atoms with E-state index in [0.29, 0.717) is 30.6 Å². The quantitative estimate of drug-likeness (QED) is 0.386. The van der Waals surface area contributed by atoms with Gasteiger partial charge in [0, 0.05) is 31.9 Å². The molecule has 0 spiro atoms. The lowest BCUT2D eigenvalue weighted by Crippen LogP contribution is -2.37. The number of nitrogens with one attached hydrogen (secondary N) is 2. The molecule has 12 nitrogen and oxygen atoms in total. The lowest BCUT2D eigenvalue weighted by Gasteiger charge is -2.25.